The molecule has 2 aromatic rings. The van der Waals surface area contributed by atoms with E-state index in [0.29, 0.717) is 53.8 Å². The van der Waals surface area contributed by atoms with Gasteiger partial charge in [-0.3, -0.25) is 0 Å². The fourth-order valence-electron chi connectivity index (χ4n) is 2.27. The van der Waals surface area contributed by atoms with Gasteiger partial charge in [-0.15, -0.1) is 0 Å². The van der Waals surface area contributed by atoms with Crippen LogP contribution in [0.5, 0.6) is 17.2 Å². The van der Waals surface area contributed by atoms with Crippen LogP contribution in [-0.2, 0) is 4.74 Å². The topological polar surface area (TPSA) is 88.7 Å². The number of hydrogen-bond donors (Lipinski definition) is 1. The van der Waals surface area contributed by atoms with Crippen LogP contribution in [0.15, 0.2) is 12.4 Å². The maximum absolute atomic E-state index is 5.93. The maximum atomic E-state index is 5.93. The molecule has 1 unspecified atom stereocenters. The van der Waals surface area contributed by atoms with Crippen molar-refractivity contribution >= 4 is 16.7 Å². The first-order chi connectivity index (χ1) is 10.2. The zero-order valence-electron chi connectivity index (χ0n) is 12.0. The number of ether oxygens (including phenoxy) is 4. The molecule has 1 aliphatic rings. The van der Waals surface area contributed by atoms with Crippen LogP contribution in [0.4, 0.5) is 5.82 Å². The molecule has 0 amide bonds. The van der Waals surface area contributed by atoms with Crippen molar-refractivity contribution in [2.75, 3.05) is 25.6 Å². The first kappa shape index (κ1) is 13.7. The molecular weight excluding hydrogens is 274 g/mol. The van der Waals surface area contributed by atoms with Crippen LogP contribution in [-0.4, -0.2) is 36.1 Å². The van der Waals surface area contributed by atoms with Crippen molar-refractivity contribution in [3.05, 3.63) is 12.4 Å². The van der Waals surface area contributed by atoms with E-state index >= 15 is 0 Å². The summed E-state index contributed by atoms with van der Waals surface area (Å²) in [5.74, 6) is 1.92. The van der Waals surface area contributed by atoms with Crippen LogP contribution in [0.1, 0.15) is 13.8 Å². The standard InChI is InChI=1S/C14H17N3O4/c1-3-18-8(2)21-10-6-9-11(14(15)17-7-16-9)13-12(10)19-4-5-20-13/h6-8H,3-5H2,1-2H3,(H2,15,16,17). The SMILES string of the molecule is CCOC(C)Oc1cc2ncnc(N)c2c2c1OCCO2. The van der Waals surface area contributed by atoms with Gasteiger partial charge < -0.3 is 24.7 Å². The Bertz CT molecular complexity index is 662. The molecule has 0 fully saturated rings. The van der Waals surface area contributed by atoms with Crippen molar-refractivity contribution in [1.82, 2.24) is 9.97 Å². The Hall–Kier alpha value is -2.28. The Balaban J connectivity index is 2.12. The Morgan fingerprint density at radius 1 is 1.29 bits per heavy atom. The molecule has 7 heteroatoms. The molecule has 1 aromatic carbocycles. The molecule has 0 radical (unpaired) electrons. The Labute approximate surface area is 122 Å². The van der Waals surface area contributed by atoms with E-state index in [1.54, 1.807) is 6.07 Å². The minimum Gasteiger partial charge on any atom is -0.485 e. The molecule has 2 heterocycles. The molecule has 0 spiro atoms. The summed E-state index contributed by atoms with van der Waals surface area (Å²) in [5.41, 5.74) is 6.57. The predicted molar refractivity (Wildman–Crippen MR) is 76.7 cm³/mol. The van der Waals surface area contributed by atoms with Crippen LogP contribution in [0, 0.1) is 0 Å². The van der Waals surface area contributed by atoms with Crippen LogP contribution < -0.4 is 19.9 Å². The Morgan fingerprint density at radius 3 is 2.81 bits per heavy atom. The predicted octanol–water partition coefficient (Wildman–Crippen LogP) is 1.74. The highest BCUT2D eigenvalue weighted by molar-refractivity contribution is 5.97. The fraction of sp³-hybridized carbons (Fsp3) is 0.429. The summed E-state index contributed by atoms with van der Waals surface area (Å²) in [6.45, 7) is 5.18. The largest absolute Gasteiger partial charge is 0.485 e. The third-order valence-corrected chi connectivity index (χ3v) is 3.10. The maximum Gasteiger partial charge on any atom is 0.204 e. The molecule has 7 nitrogen and oxygen atoms in total. The first-order valence-electron chi connectivity index (χ1n) is 6.81. The molecule has 1 aromatic heterocycles. The molecule has 2 N–H and O–H groups in total. The van der Waals surface area contributed by atoms with Crippen molar-refractivity contribution in [3.8, 4) is 17.2 Å². The van der Waals surface area contributed by atoms with Gasteiger partial charge in [0.05, 0.1) is 10.9 Å². The lowest BCUT2D eigenvalue weighted by Crippen LogP contribution is -2.20. The van der Waals surface area contributed by atoms with Crippen molar-refractivity contribution in [3.63, 3.8) is 0 Å². The lowest BCUT2D eigenvalue weighted by molar-refractivity contribution is -0.0630. The minimum absolute atomic E-state index is 0.353. The highest BCUT2D eigenvalue weighted by Crippen LogP contribution is 2.46. The second-order valence-corrected chi connectivity index (χ2v) is 4.52. The molecule has 0 bridgehead atoms. The number of aromatic nitrogens is 2. The highest BCUT2D eigenvalue weighted by atomic mass is 16.7. The summed E-state index contributed by atoms with van der Waals surface area (Å²) < 4.78 is 22.5. The summed E-state index contributed by atoms with van der Waals surface area (Å²) in [6.07, 6.45) is 1.00. The Morgan fingerprint density at radius 2 is 2.05 bits per heavy atom. The van der Waals surface area contributed by atoms with Crippen molar-refractivity contribution in [2.45, 2.75) is 20.1 Å². The summed E-state index contributed by atoms with van der Waals surface area (Å²) >= 11 is 0. The summed E-state index contributed by atoms with van der Waals surface area (Å²) in [5, 5.41) is 0.642. The summed E-state index contributed by atoms with van der Waals surface area (Å²) in [4.78, 5) is 8.22. The molecule has 21 heavy (non-hydrogen) atoms. The van der Waals surface area contributed by atoms with Gasteiger partial charge in [0.1, 0.15) is 25.4 Å². The van der Waals surface area contributed by atoms with Gasteiger partial charge in [-0.2, -0.15) is 0 Å². The average Bonchev–Trinajstić information content (AvgIpc) is 2.47. The van der Waals surface area contributed by atoms with E-state index in [9.17, 15) is 0 Å². The van der Waals surface area contributed by atoms with E-state index in [1.807, 2.05) is 13.8 Å². The average molecular weight is 291 g/mol. The molecule has 1 atom stereocenters. The van der Waals surface area contributed by atoms with Gasteiger partial charge in [0.15, 0.2) is 17.8 Å². The molecule has 0 aliphatic carbocycles. The number of anilines is 1. The molecule has 112 valence electrons. The van der Waals surface area contributed by atoms with E-state index in [0.717, 1.165) is 0 Å². The number of nitrogen functional groups attached to an aromatic ring is 1. The van der Waals surface area contributed by atoms with E-state index < -0.39 is 6.29 Å². The van der Waals surface area contributed by atoms with Gasteiger partial charge in [-0.25, -0.2) is 9.97 Å². The molecular formula is C14H17N3O4. The van der Waals surface area contributed by atoms with Gasteiger partial charge in [0, 0.05) is 12.7 Å². The number of benzene rings is 1. The molecule has 0 saturated carbocycles. The number of nitrogens with zero attached hydrogens (tertiary/aromatic N) is 2. The summed E-state index contributed by atoms with van der Waals surface area (Å²) in [7, 11) is 0. The van der Waals surface area contributed by atoms with E-state index in [2.05, 4.69) is 9.97 Å². The second-order valence-electron chi connectivity index (χ2n) is 4.52. The first-order valence-corrected chi connectivity index (χ1v) is 6.81. The quantitative estimate of drug-likeness (QED) is 0.858. The zero-order chi connectivity index (χ0) is 14.8. The van der Waals surface area contributed by atoms with Crippen LogP contribution in [0.25, 0.3) is 10.9 Å². The number of fused-ring (bicyclic) bond motifs is 3. The molecule has 1 aliphatic heterocycles. The van der Waals surface area contributed by atoms with Gasteiger partial charge in [-0.1, -0.05) is 0 Å². The fourth-order valence-corrected chi connectivity index (χ4v) is 2.27. The van der Waals surface area contributed by atoms with Gasteiger partial charge in [-0.05, 0) is 13.8 Å². The molecule has 0 saturated heterocycles. The number of hydrogen-bond acceptors (Lipinski definition) is 7. The summed E-state index contributed by atoms with van der Waals surface area (Å²) in [6, 6.07) is 1.76. The van der Waals surface area contributed by atoms with Crippen LogP contribution in [0.3, 0.4) is 0 Å². The highest BCUT2D eigenvalue weighted by Gasteiger charge is 2.24. The number of nitrogens with two attached hydrogens (primary N) is 1. The van der Waals surface area contributed by atoms with Gasteiger partial charge in [0.25, 0.3) is 0 Å². The smallest absolute Gasteiger partial charge is 0.204 e. The van der Waals surface area contributed by atoms with Crippen molar-refractivity contribution in [1.29, 1.82) is 0 Å². The van der Waals surface area contributed by atoms with Crippen LogP contribution in [0.2, 0.25) is 0 Å². The van der Waals surface area contributed by atoms with E-state index in [4.69, 9.17) is 24.7 Å². The minimum atomic E-state index is -0.402. The monoisotopic (exact) mass is 291 g/mol. The van der Waals surface area contributed by atoms with E-state index in [1.165, 1.54) is 6.33 Å². The lowest BCUT2D eigenvalue weighted by atomic mass is 10.1. The van der Waals surface area contributed by atoms with Gasteiger partial charge in [0.2, 0.25) is 5.75 Å². The lowest BCUT2D eigenvalue weighted by Gasteiger charge is -2.24. The van der Waals surface area contributed by atoms with Crippen LogP contribution >= 0.6 is 0 Å². The zero-order valence-corrected chi connectivity index (χ0v) is 12.0. The van der Waals surface area contributed by atoms with Gasteiger partial charge >= 0.3 is 0 Å². The normalized spacial score (nSPS) is 15.0. The molecule has 3 rings (SSSR count). The Kier molecular flexibility index (Phi) is 3.66. The third-order valence-electron chi connectivity index (χ3n) is 3.10. The number of rotatable bonds is 4. The van der Waals surface area contributed by atoms with Crippen molar-refractivity contribution in [2.24, 2.45) is 0 Å². The third kappa shape index (κ3) is 2.52. The van der Waals surface area contributed by atoms with E-state index in [-0.39, 0.29) is 0 Å². The second kappa shape index (κ2) is 5.61. The van der Waals surface area contributed by atoms with Crippen molar-refractivity contribution < 1.29 is 18.9 Å².